The molecule has 1 atom stereocenters. The van der Waals surface area contributed by atoms with Crippen molar-refractivity contribution in [2.75, 3.05) is 13.1 Å². The summed E-state index contributed by atoms with van der Waals surface area (Å²) in [5.41, 5.74) is 4.93. The van der Waals surface area contributed by atoms with Crippen LogP contribution in [-0.4, -0.2) is 30.9 Å². The van der Waals surface area contributed by atoms with Crippen molar-refractivity contribution in [2.45, 2.75) is 12.5 Å². The van der Waals surface area contributed by atoms with Gasteiger partial charge in [0.15, 0.2) is 0 Å². The lowest BCUT2D eigenvalue weighted by molar-refractivity contribution is -0.128. The molecule has 0 aliphatic carbocycles. The van der Waals surface area contributed by atoms with Gasteiger partial charge in [-0.25, -0.2) is 0 Å². The summed E-state index contributed by atoms with van der Waals surface area (Å²) < 4.78 is 0. The number of hydrogen-bond acceptors (Lipinski definition) is 3. The topological polar surface area (TPSA) is 84.2 Å². The van der Waals surface area contributed by atoms with Gasteiger partial charge in [-0.1, -0.05) is 0 Å². The van der Waals surface area contributed by atoms with Gasteiger partial charge < -0.3 is 16.4 Å². The summed E-state index contributed by atoms with van der Waals surface area (Å²) in [6.45, 7) is 1.32. The summed E-state index contributed by atoms with van der Waals surface area (Å²) >= 11 is 0. The van der Waals surface area contributed by atoms with Crippen LogP contribution in [-0.2, 0) is 9.59 Å². The Hall–Kier alpha value is -1.10. The minimum atomic E-state index is -0.459. The standard InChI is InChI=1S/C6H11N3O2/c7-5(10)3-4-6(11)9-2-1-8-4/h4,8H,1-3H2,(H2,7,10)(H,9,11). The summed E-state index contributed by atoms with van der Waals surface area (Å²) in [5.74, 6) is -0.602. The van der Waals surface area contributed by atoms with Crippen LogP contribution in [0.1, 0.15) is 6.42 Å². The fourth-order valence-corrected chi connectivity index (χ4v) is 1.01. The van der Waals surface area contributed by atoms with Gasteiger partial charge in [-0.15, -0.1) is 0 Å². The van der Waals surface area contributed by atoms with Crippen molar-refractivity contribution in [2.24, 2.45) is 5.73 Å². The van der Waals surface area contributed by atoms with E-state index in [1.54, 1.807) is 0 Å². The van der Waals surface area contributed by atoms with Crippen molar-refractivity contribution < 1.29 is 9.59 Å². The predicted molar refractivity (Wildman–Crippen MR) is 38.6 cm³/mol. The number of nitrogens with one attached hydrogen (secondary N) is 2. The van der Waals surface area contributed by atoms with Crippen molar-refractivity contribution in [3.63, 3.8) is 0 Å². The highest BCUT2D eigenvalue weighted by molar-refractivity contribution is 5.88. The fraction of sp³-hybridized carbons (Fsp3) is 0.667. The average molecular weight is 157 g/mol. The number of piperazine rings is 1. The fourth-order valence-electron chi connectivity index (χ4n) is 1.01. The van der Waals surface area contributed by atoms with E-state index >= 15 is 0 Å². The Morgan fingerprint density at radius 1 is 1.64 bits per heavy atom. The molecule has 1 aliphatic rings. The summed E-state index contributed by atoms with van der Waals surface area (Å²) in [5, 5.41) is 5.52. The molecular weight excluding hydrogens is 146 g/mol. The first-order valence-electron chi connectivity index (χ1n) is 3.49. The smallest absolute Gasteiger partial charge is 0.237 e. The molecule has 1 heterocycles. The molecule has 5 heteroatoms. The molecule has 0 spiro atoms. The van der Waals surface area contributed by atoms with Crippen molar-refractivity contribution in [3.8, 4) is 0 Å². The Labute approximate surface area is 64.3 Å². The number of nitrogens with two attached hydrogens (primary N) is 1. The number of hydrogen-bond donors (Lipinski definition) is 3. The van der Waals surface area contributed by atoms with Crippen molar-refractivity contribution in [1.29, 1.82) is 0 Å². The van der Waals surface area contributed by atoms with Gasteiger partial charge in [0, 0.05) is 13.1 Å². The second-order valence-electron chi connectivity index (χ2n) is 2.47. The molecule has 1 fully saturated rings. The molecule has 4 N–H and O–H groups in total. The third-order valence-electron chi connectivity index (χ3n) is 1.54. The third kappa shape index (κ3) is 2.19. The Morgan fingerprint density at radius 3 is 2.91 bits per heavy atom. The molecule has 0 saturated carbocycles. The van der Waals surface area contributed by atoms with E-state index in [-0.39, 0.29) is 12.3 Å². The minimum absolute atomic E-state index is 0.0752. The number of carbonyl (C=O) groups excluding carboxylic acids is 2. The molecular formula is C6H11N3O2. The first-order valence-corrected chi connectivity index (χ1v) is 3.49. The molecule has 2 amide bonds. The van der Waals surface area contributed by atoms with E-state index in [1.165, 1.54) is 0 Å². The molecule has 0 bridgehead atoms. The normalized spacial score (nSPS) is 24.4. The van der Waals surface area contributed by atoms with E-state index in [1.807, 2.05) is 0 Å². The van der Waals surface area contributed by atoms with Crippen molar-refractivity contribution in [3.05, 3.63) is 0 Å². The Bertz CT molecular complexity index is 181. The maximum atomic E-state index is 10.9. The molecule has 0 aromatic heterocycles. The van der Waals surface area contributed by atoms with Crippen LogP contribution in [0.4, 0.5) is 0 Å². The summed E-state index contributed by atoms with van der Waals surface area (Å²) in [6, 6.07) is -0.429. The Kier molecular flexibility index (Phi) is 2.43. The summed E-state index contributed by atoms with van der Waals surface area (Å²) in [4.78, 5) is 21.4. The Morgan fingerprint density at radius 2 is 2.36 bits per heavy atom. The molecule has 0 aromatic carbocycles. The minimum Gasteiger partial charge on any atom is -0.370 e. The van der Waals surface area contributed by atoms with Crippen molar-refractivity contribution in [1.82, 2.24) is 10.6 Å². The van der Waals surface area contributed by atoms with Gasteiger partial charge >= 0.3 is 0 Å². The van der Waals surface area contributed by atoms with Crippen LogP contribution in [0.15, 0.2) is 0 Å². The molecule has 1 aliphatic heterocycles. The van der Waals surface area contributed by atoms with E-state index in [0.717, 1.165) is 0 Å². The second-order valence-corrected chi connectivity index (χ2v) is 2.47. The first kappa shape index (κ1) is 8.00. The first-order chi connectivity index (χ1) is 5.20. The van der Waals surface area contributed by atoms with Gasteiger partial charge in [-0.05, 0) is 0 Å². The zero-order valence-electron chi connectivity index (χ0n) is 6.09. The quantitative estimate of drug-likeness (QED) is 0.431. The molecule has 1 saturated heterocycles. The number of amides is 2. The predicted octanol–water partition coefficient (Wildman–Crippen LogP) is -2.05. The number of carbonyl (C=O) groups is 2. The molecule has 11 heavy (non-hydrogen) atoms. The third-order valence-corrected chi connectivity index (χ3v) is 1.54. The maximum absolute atomic E-state index is 10.9. The highest BCUT2D eigenvalue weighted by atomic mass is 16.2. The monoisotopic (exact) mass is 157 g/mol. The van der Waals surface area contributed by atoms with Crippen LogP contribution in [0.25, 0.3) is 0 Å². The summed E-state index contributed by atoms with van der Waals surface area (Å²) in [7, 11) is 0. The zero-order valence-corrected chi connectivity index (χ0v) is 6.09. The van der Waals surface area contributed by atoms with Crippen LogP contribution < -0.4 is 16.4 Å². The van der Waals surface area contributed by atoms with Crippen LogP contribution in [0.2, 0.25) is 0 Å². The van der Waals surface area contributed by atoms with E-state index < -0.39 is 11.9 Å². The largest absolute Gasteiger partial charge is 0.370 e. The lowest BCUT2D eigenvalue weighted by atomic mass is 10.1. The van der Waals surface area contributed by atoms with E-state index in [4.69, 9.17) is 5.73 Å². The van der Waals surface area contributed by atoms with E-state index in [9.17, 15) is 9.59 Å². The van der Waals surface area contributed by atoms with Crippen LogP contribution in [0, 0.1) is 0 Å². The molecule has 0 aromatic rings. The second kappa shape index (κ2) is 3.34. The van der Waals surface area contributed by atoms with Crippen molar-refractivity contribution >= 4 is 11.8 Å². The van der Waals surface area contributed by atoms with Crippen LogP contribution >= 0.6 is 0 Å². The number of primary amides is 1. The molecule has 62 valence electrons. The summed E-state index contributed by atoms with van der Waals surface area (Å²) in [6.07, 6.45) is 0.0752. The molecule has 1 unspecified atom stereocenters. The lowest BCUT2D eigenvalue weighted by Gasteiger charge is -2.21. The average Bonchev–Trinajstić information content (AvgIpc) is 1.93. The number of rotatable bonds is 2. The van der Waals surface area contributed by atoms with E-state index in [2.05, 4.69) is 10.6 Å². The zero-order chi connectivity index (χ0) is 8.27. The lowest BCUT2D eigenvalue weighted by Crippen LogP contribution is -2.54. The highest BCUT2D eigenvalue weighted by Crippen LogP contribution is 1.93. The van der Waals surface area contributed by atoms with Gasteiger partial charge in [0.2, 0.25) is 11.8 Å². The maximum Gasteiger partial charge on any atom is 0.237 e. The highest BCUT2D eigenvalue weighted by Gasteiger charge is 2.22. The van der Waals surface area contributed by atoms with E-state index in [0.29, 0.717) is 13.1 Å². The van der Waals surface area contributed by atoms with Gasteiger partial charge in [0.1, 0.15) is 0 Å². The Balaban J connectivity index is 2.42. The van der Waals surface area contributed by atoms with Gasteiger partial charge in [-0.2, -0.15) is 0 Å². The SMILES string of the molecule is NC(=O)CC1NCCNC1=O. The van der Waals surface area contributed by atoms with Gasteiger partial charge in [-0.3, -0.25) is 9.59 Å². The molecule has 0 radical (unpaired) electrons. The van der Waals surface area contributed by atoms with Gasteiger partial charge in [0.05, 0.1) is 12.5 Å². The molecule has 1 rings (SSSR count). The van der Waals surface area contributed by atoms with Gasteiger partial charge in [0.25, 0.3) is 0 Å². The van der Waals surface area contributed by atoms with Crippen LogP contribution in [0.5, 0.6) is 0 Å². The van der Waals surface area contributed by atoms with Crippen LogP contribution in [0.3, 0.4) is 0 Å². The molecule has 5 nitrogen and oxygen atoms in total.